The van der Waals surface area contributed by atoms with E-state index in [0.29, 0.717) is 12.0 Å². The Morgan fingerprint density at radius 2 is 1.89 bits per heavy atom. The number of carbonyl (C=O) groups excluding carboxylic acids is 3. The molecule has 146 valence electrons. The van der Waals surface area contributed by atoms with Gasteiger partial charge < -0.3 is 9.47 Å². The summed E-state index contributed by atoms with van der Waals surface area (Å²) in [4.78, 5) is 37.5. The van der Waals surface area contributed by atoms with Gasteiger partial charge in [0.05, 0.1) is 12.3 Å². The van der Waals surface area contributed by atoms with E-state index in [1.54, 1.807) is 6.08 Å². The molecule has 0 bridgehead atoms. The first-order valence-electron chi connectivity index (χ1n) is 9.73. The molecule has 5 heteroatoms. The lowest BCUT2D eigenvalue weighted by molar-refractivity contribution is -0.152. The Balaban J connectivity index is 1.63. The second-order valence-corrected chi connectivity index (χ2v) is 8.09. The van der Waals surface area contributed by atoms with Gasteiger partial charge in [-0.25, -0.2) is 0 Å². The quantitative estimate of drug-likeness (QED) is 0.754. The van der Waals surface area contributed by atoms with E-state index < -0.39 is 12.2 Å². The van der Waals surface area contributed by atoms with E-state index in [1.165, 1.54) is 0 Å². The Bertz CT molecular complexity index is 895. The number of carbonyl (C=O) groups is 3. The molecule has 2 aliphatic carbocycles. The molecular weight excluding hydrogens is 356 g/mol. The van der Waals surface area contributed by atoms with Crippen LogP contribution in [0.15, 0.2) is 53.1 Å². The van der Waals surface area contributed by atoms with Crippen LogP contribution in [0.2, 0.25) is 0 Å². The molecule has 1 fully saturated rings. The summed E-state index contributed by atoms with van der Waals surface area (Å²) in [5, 5.41) is 0. The van der Waals surface area contributed by atoms with Crippen molar-refractivity contribution >= 4 is 17.7 Å². The predicted molar refractivity (Wildman–Crippen MR) is 102 cm³/mol. The second kappa shape index (κ2) is 7.04. The summed E-state index contributed by atoms with van der Waals surface area (Å²) in [5.74, 6) is -1.51. The van der Waals surface area contributed by atoms with Gasteiger partial charge in [-0.2, -0.15) is 0 Å². The van der Waals surface area contributed by atoms with Crippen LogP contribution in [0.5, 0.6) is 0 Å². The zero-order valence-corrected chi connectivity index (χ0v) is 16.3. The normalized spacial score (nSPS) is 31.7. The van der Waals surface area contributed by atoms with Crippen molar-refractivity contribution in [1.29, 1.82) is 0 Å². The fraction of sp³-hybridized carbons (Fsp3) is 0.435. The lowest BCUT2D eigenvalue weighted by Crippen LogP contribution is -2.38. The number of rotatable bonds is 3. The van der Waals surface area contributed by atoms with E-state index in [1.807, 2.05) is 51.1 Å². The number of ketones is 1. The van der Waals surface area contributed by atoms with Crippen LogP contribution in [0.1, 0.15) is 32.8 Å². The minimum Gasteiger partial charge on any atom is -0.461 e. The number of hydrogen-bond donors (Lipinski definition) is 0. The molecule has 1 aromatic rings. The largest absolute Gasteiger partial charge is 0.461 e. The first-order chi connectivity index (χ1) is 13.4. The summed E-state index contributed by atoms with van der Waals surface area (Å²) < 4.78 is 11.6. The Hall–Kier alpha value is -2.69. The third-order valence-corrected chi connectivity index (χ3v) is 6.21. The molecule has 0 saturated carbocycles. The molecule has 4 rings (SSSR count). The maximum Gasteiger partial charge on any atom is 0.310 e. The zero-order valence-electron chi connectivity index (χ0n) is 16.3. The van der Waals surface area contributed by atoms with Crippen LogP contribution in [0.4, 0.5) is 0 Å². The topological polar surface area (TPSA) is 69.7 Å². The summed E-state index contributed by atoms with van der Waals surface area (Å²) >= 11 is 0. The number of allylic oxidation sites excluding steroid dienone is 1. The monoisotopic (exact) mass is 380 g/mol. The zero-order chi connectivity index (χ0) is 20.0. The highest BCUT2D eigenvalue weighted by Gasteiger charge is 2.55. The highest BCUT2D eigenvalue weighted by atomic mass is 16.6. The van der Waals surface area contributed by atoms with Crippen molar-refractivity contribution < 1.29 is 23.9 Å². The standard InChI is InChI=1S/C23H24O5/c1-12-9-16(24)19-13(2)10-17(21-14(3)23(26)28-22(21)20(12)19)27-18(25)11-15-7-5-4-6-8-15/h4-9,14,17,20-22H,10-11H2,1-3H3/t14-,17+,20-,21+,22-/m1/s1. The molecule has 1 saturated heterocycles. The molecule has 0 radical (unpaired) electrons. The fourth-order valence-corrected chi connectivity index (χ4v) is 4.88. The molecule has 0 amide bonds. The van der Waals surface area contributed by atoms with Crippen molar-refractivity contribution in [3.05, 3.63) is 58.7 Å². The first-order valence-corrected chi connectivity index (χ1v) is 9.73. The lowest BCUT2D eigenvalue weighted by atomic mass is 9.79. The SMILES string of the molecule is CC1=CC(=O)C2=C(C)C[C@H](OC(=O)Cc3ccccc3)[C@H]3[C@H](OC(=O)[C@@H]3C)[C@H]12. The molecule has 0 unspecified atom stereocenters. The average Bonchev–Trinajstić information content (AvgIpc) is 3.05. The number of benzene rings is 1. The number of ether oxygens (including phenoxy) is 2. The van der Waals surface area contributed by atoms with Gasteiger partial charge in [-0.1, -0.05) is 48.4 Å². The molecule has 0 aromatic heterocycles. The predicted octanol–water partition coefficient (Wildman–Crippen LogP) is 3.18. The molecule has 0 N–H and O–H groups in total. The summed E-state index contributed by atoms with van der Waals surface area (Å²) in [6.45, 7) is 5.64. The molecule has 1 aliphatic heterocycles. The molecule has 5 nitrogen and oxygen atoms in total. The maximum atomic E-state index is 12.6. The van der Waals surface area contributed by atoms with Gasteiger partial charge in [-0.3, -0.25) is 14.4 Å². The van der Waals surface area contributed by atoms with Crippen molar-refractivity contribution in [2.24, 2.45) is 17.8 Å². The lowest BCUT2D eigenvalue weighted by Gasteiger charge is -2.29. The summed E-state index contributed by atoms with van der Waals surface area (Å²) in [6.07, 6.45) is 1.31. The van der Waals surface area contributed by atoms with Gasteiger partial charge in [0.2, 0.25) is 0 Å². The fourth-order valence-electron chi connectivity index (χ4n) is 4.88. The van der Waals surface area contributed by atoms with Crippen molar-refractivity contribution in [2.45, 2.75) is 45.8 Å². The van der Waals surface area contributed by atoms with Gasteiger partial charge >= 0.3 is 11.9 Å². The molecule has 0 spiro atoms. The van der Waals surface area contributed by atoms with Crippen LogP contribution in [-0.4, -0.2) is 29.9 Å². The highest BCUT2D eigenvalue weighted by Crippen LogP contribution is 2.48. The van der Waals surface area contributed by atoms with Crippen molar-refractivity contribution in [3.63, 3.8) is 0 Å². The number of esters is 2. The molecule has 28 heavy (non-hydrogen) atoms. The van der Waals surface area contributed by atoms with Crippen LogP contribution in [0.3, 0.4) is 0 Å². The summed E-state index contributed by atoms with van der Waals surface area (Å²) in [5.41, 5.74) is 3.41. The Kier molecular flexibility index (Phi) is 4.69. The van der Waals surface area contributed by atoms with E-state index in [4.69, 9.17) is 9.47 Å². The van der Waals surface area contributed by atoms with E-state index in [0.717, 1.165) is 16.7 Å². The molecule has 1 heterocycles. The van der Waals surface area contributed by atoms with Crippen LogP contribution in [0, 0.1) is 17.8 Å². The molecule has 1 aromatic carbocycles. The summed E-state index contributed by atoms with van der Waals surface area (Å²) in [7, 11) is 0. The van der Waals surface area contributed by atoms with Crippen LogP contribution in [-0.2, 0) is 30.3 Å². The highest BCUT2D eigenvalue weighted by molar-refractivity contribution is 6.09. The van der Waals surface area contributed by atoms with Gasteiger partial charge in [-0.15, -0.1) is 0 Å². The molecule has 3 aliphatic rings. The Morgan fingerprint density at radius 3 is 2.61 bits per heavy atom. The van der Waals surface area contributed by atoms with Gasteiger partial charge in [0.25, 0.3) is 0 Å². The van der Waals surface area contributed by atoms with E-state index in [9.17, 15) is 14.4 Å². The third kappa shape index (κ3) is 3.09. The minimum atomic E-state index is -0.485. The van der Waals surface area contributed by atoms with E-state index >= 15 is 0 Å². The first kappa shape index (κ1) is 18.7. The second-order valence-electron chi connectivity index (χ2n) is 8.09. The van der Waals surface area contributed by atoms with E-state index in [2.05, 4.69) is 0 Å². The Labute approximate surface area is 164 Å². The third-order valence-electron chi connectivity index (χ3n) is 6.21. The average molecular weight is 380 g/mol. The Morgan fingerprint density at radius 1 is 1.18 bits per heavy atom. The van der Waals surface area contributed by atoms with Gasteiger partial charge in [0, 0.05) is 23.8 Å². The number of hydrogen-bond acceptors (Lipinski definition) is 5. The van der Waals surface area contributed by atoms with Gasteiger partial charge in [-0.05, 0) is 25.5 Å². The maximum absolute atomic E-state index is 12.6. The molecule has 5 atom stereocenters. The number of fused-ring (bicyclic) bond motifs is 3. The molecular formula is C23H24O5. The van der Waals surface area contributed by atoms with Crippen LogP contribution in [0.25, 0.3) is 0 Å². The van der Waals surface area contributed by atoms with Gasteiger partial charge in [0.15, 0.2) is 5.78 Å². The van der Waals surface area contributed by atoms with Crippen molar-refractivity contribution in [2.75, 3.05) is 0 Å². The summed E-state index contributed by atoms with van der Waals surface area (Å²) in [6, 6.07) is 9.42. The van der Waals surface area contributed by atoms with Crippen molar-refractivity contribution in [3.8, 4) is 0 Å². The smallest absolute Gasteiger partial charge is 0.310 e. The van der Waals surface area contributed by atoms with Gasteiger partial charge in [0.1, 0.15) is 12.2 Å². The van der Waals surface area contributed by atoms with Crippen LogP contribution >= 0.6 is 0 Å². The van der Waals surface area contributed by atoms with Crippen LogP contribution < -0.4 is 0 Å². The van der Waals surface area contributed by atoms with Crippen molar-refractivity contribution in [1.82, 2.24) is 0 Å². The van der Waals surface area contributed by atoms with E-state index in [-0.39, 0.29) is 41.9 Å². The minimum absolute atomic E-state index is 0.0226.